The Morgan fingerprint density at radius 2 is 0.802 bits per heavy atom. The predicted molar refractivity (Wildman–Crippen MR) is 364 cm³/mol. The quantitative estimate of drug-likeness (QED) is 0.0374. The van der Waals surface area contributed by atoms with E-state index < -0.39 is 35.5 Å². The van der Waals surface area contributed by atoms with Crippen LogP contribution in [-0.2, 0) is 24.9 Å². The van der Waals surface area contributed by atoms with Crippen molar-refractivity contribution in [3.63, 3.8) is 0 Å². The first-order chi connectivity index (χ1) is 41.2. The topological polar surface area (TPSA) is 215 Å². The summed E-state index contributed by atoms with van der Waals surface area (Å²) in [6.07, 6.45) is 1.47. The van der Waals surface area contributed by atoms with E-state index in [1.54, 1.807) is 146 Å². The molecule has 9 aromatic carbocycles. The van der Waals surface area contributed by atoms with Gasteiger partial charge in [-0.2, -0.15) is 4.99 Å². The first-order valence-corrected chi connectivity index (χ1v) is 31.2. The molecular weight excluding hydrogens is 1620 g/mol. The third-order valence-electron chi connectivity index (χ3n) is 11.6. The molecule has 2 fully saturated rings. The van der Waals surface area contributed by atoms with Crippen molar-refractivity contribution in [3.8, 4) is 0 Å². The molecule has 2 heterocycles. The lowest BCUT2D eigenvalue weighted by Gasteiger charge is -2.30. The normalized spacial score (nSPS) is 14.0. The maximum absolute atomic E-state index is 13.4. The molecule has 0 aromatic heterocycles. The van der Waals surface area contributed by atoms with Crippen LogP contribution in [0.15, 0.2) is 265 Å². The Morgan fingerprint density at radius 3 is 1.20 bits per heavy atom. The van der Waals surface area contributed by atoms with E-state index in [0.29, 0.717) is 42.9 Å². The highest BCUT2D eigenvalue weighted by atomic mass is 79.9. The van der Waals surface area contributed by atoms with Crippen molar-refractivity contribution in [1.29, 1.82) is 0 Å². The number of imide groups is 3. The van der Waals surface area contributed by atoms with Crippen molar-refractivity contribution in [2.45, 2.75) is 5.72 Å². The van der Waals surface area contributed by atoms with Crippen LogP contribution in [0.1, 0.15) is 5.56 Å². The number of rotatable bonds is 8. The average molecular weight is 1670 g/mol. The van der Waals surface area contributed by atoms with E-state index in [4.69, 9.17) is 5.73 Å². The summed E-state index contributed by atoms with van der Waals surface area (Å²) in [6, 6.07) is 63.4. The summed E-state index contributed by atoms with van der Waals surface area (Å²) in [7, 11) is 0. The second-order valence-corrected chi connectivity index (χ2v) is 24.9. The monoisotopic (exact) mass is 1660 g/mol. The number of carbonyl (C=O) groups is 6. The zero-order valence-electron chi connectivity index (χ0n) is 44.0. The molecule has 11 rings (SSSR count). The van der Waals surface area contributed by atoms with E-state index in [1.165, 1.54) is 6.08 Å². The number of amides is 9. The summed E-state index contributed by atoms with van der Waals surface area (Å²) in [5.74, 6) is -2.48. The number of aliphatic imine (C=N–C) groups is 1. The Bertz CT molecular complexity index is 3900. The van der Waals surface area contributed by atoms with Crippen LogP contribution < -0.4 is 36.0 Å². The molecule has 434 valence electrons. The standard InChI is InChI=1S/C21H14Br2N2O3.C15H8Br2N2O3.C13H10Br2N2O.C7H4BrNO.C6H6BrN/c22-15-8-4-10-17(12-15)24-19(26)21(28,14-6-2-1-3-7-14)25(20(24)27)18-11-5-9-16(23)13-18;16-9-3-1-5-11(7-9)18-13(20)14(21)19(15(18)22)12-6-2-4-10(17)8-12;14-9-3-1-5-11(7-9)16-13(18)17-12-6-2-4-10(15)8-12;8-6-2-1-3-7(4-6)9-5-10;7-5-2-1-3-6(8)4-5/h1-13,28H;1-8H;1-8H,(H2,16,17,18);1-4H;1-4H,8H2. The molecule has 2 aliphatic heterocycles. The summed E-state index contributed by atoms with van der Waals surface area (Å²) in [5.41, 5.74) is 7.90. The van der Waals surface area contributed by atoms with Gasteiger partial charge in [-0.15, -0.1) is 0 Å². The fourth-order valence-electron chi connectivity index (χ4n) is 7.94. The SMILES string of the molecule is Nc1cccc(Br)c1.O=C(Nc1cccc(Br)c1)Nc1cccc(Br)c1.O=C1C(=O)N(c2cccc(Br)c2)C(=O)N1c1cccc(Br)c1.O=C1N(c2cccc(Br)c2)C(=O)C(O)(c2ccccc2)N1c1cccc(Br)c1.O=C=Nc1cccc(Br)c1. The van der Waals surface area contributed by atoms with Gasteiger partial charge in [0.1, 0.15) is 0 Å². The second-order valence-electron chi connectivity index (χ2n) is 17.6. The van der Waals surface area contributed by atoms with Gasteiger partial charge in [-0.25, -0.2) is 33.9 Å². The highest BCUT2D eigenvalue weighted by Crippen LogP contribution is 2.42. The molecule has 0 saturated carbocycles. The number of hydrogen-bond donors (Lipinski definition) is 4. The lowest BCUT2D eigenvalue weighted by molar-refractivity contribution is -0.133. The minimum atomic E-state index is -2.17. The highest BCUT2D eigenvalue weighted by Gasteiger charge is 2.59. The Morgan fingerprint density at radius 1 is 0.430 bits per heavy atom. The first-order valence-electron chi connectivity index (χ1n) is 24.8. The molecule has 86 heavy (non-hydrogen) atoms. The van der Waals surface area contributed by atoms with E-state index in [-0.39, 0.29) is 6.03 Å². The van der Waals surface area contributed by atoms with Gasteiger partial charge in [0, 0.05) is 58.4 Å². The van der Waals surface area contributed by atoms with Gasteiger partial charge in [-0.05, 0) is 146 Å². The van der Waals surface area contributed by atoms with Crippen molar-refractivity contribution < 1.29 is 38.7 Å². The number of nitrogens with zero attached hydrogens (tertiary/aromatic N) is 5. The molecule has 5 N–H and O–H groups in total. The zero-order chi connectivity index (χ0) is 62.1. The minimum absolute atomic E-state index is 0.272. The van der Waals surface area contributed by atoms with Crippen molar-refractivity contribution in [3.05, 3.63) is 266 Å². The van der Waals surface area contributed by atoms with E-state index in [0.717, 1.165) is 63.5 Å². The van der Waals surface area contributed by atoms with Crippen molar-refractivity contribution in [1.82, 2.24) is 0 Å². The Balaban J connectivity index is 0.000000164. The second kappa shape index (κ2) is 31.4. The van der Waals surface area contributed by atoms with E-state index in [2.05, 4.69) is 143 Å². The maximum atomic E-state index is 13.4. The summed E-state index contributed by atoms with van der Waals surface area (Å²) < 4.78 is 6.63. The number of isocyanates is 1. The molecule has 0 bridgehead atoms. The molecule has 0 spiro atoms. The van der Waals surface area contributed by atoms with Crippen LogP contribution in [0.25, 0.3) is 0 Å². The predicted octanol–water partition coefficient (Wildman–Crippen LogP) is 18.0. The van der Waals surface area contributed by atoms with Gasteiger partial charge in [0.2, 0.25) is 6.08 Å². The van der Waals surface area contributed by atoms with Gasteiger partial charge in [0.25, 0.3) is 11.6 Å². The molecule has 24 heteroatoms. The number of halogens is 8. The number of aliphatic hydroxyl groups is 1. The number of nitrogen functional groups attached to an aromatic ring is 1. The van der Waals surface area contributed by atoms with Crippen LogP contribution in [0.4, 0.5) is 59.9 Å². The Hall–Kier alpha value is -7.22. The van der Waals surface area contributed by atoms with E-state index >= 15 is 0 Å². The molecule has 2 aliphatic rings. The van der Waals surface area contributed by atoms with Crippen LogP contribution in [0.3, 0.4) is 0 Å². The molecule has 0 radical (unpaired) electrons. The smallest absolute Gasteiger partial charge is 0.343 e. The summed E-state index contributed by atoms with van der Waals surface area (Å²) in [5, 5.41) is 17.1. The number of carbonyl (C=O) groups excluding carboxylic acids is 7. The van der Waals surface area contributed by atoms with Crippen molar-refractivity contribution in [2.24, 2.45) is 4.99 Å². The lowest BCUT2D eigenvalue weighted by Crippen LogP contribution is -2.47. The van der Waals surface area contributed by atoms with Crippen LogP contribution in [0.2, 0.25) is 0 Å². The van der Waals surface area contributed by atoms with E-state index in [1.807, 2.05) is 78.9 Å². The zero-order valence-corrected chi connectivity index (χ0v) is 56.7. The van der Waals surface area contributed by atoms with Crippen LogP contribution in [0.5, 0.6) is 0 Å². The Labute approximate surface area is 560 Å². The van der Waals surface area contributed by atoms with Gasteiger partial charge in [0.05, 0.1) is 28.4 Å². The maximum Gasteiger partial charge on any atom is 0.343 e. The number of benzene rings is 9. The fraction of sp³-hybridized carbons (Fsp3) is 0.0161. The van der Waals surface area contributed by atoms with E-state index in [9.17, 15) is 38.7 Å². The number of hydrogen-bond acceptors (Lipinski definition) is 10. The summed E-state index contributed by atoms with van der Waals surface area (Å²) >= 11 is 26.5. The lowest BCUT2D eigenvalue weighted by atomic mass is 10.0. The highest BCUT2D eigenvalue weighted by molar-refractivity contribution is 9.11. The van der Waals surface area contributed by atoms with Crippen molar-refractivity contribution >= 4 is 215 Å². The third kappa shape index (κ3) is 17.7. The van der Waals surface area contributed by atoms with Gasteiger partial charge < -0.3 is 21.5 Å². The number of nitrogens with two attached hydrogens (primary N) is 1. The molecule has 1 atom stereocenters. The number of anilines is 7. The Kier molecular flexibility index (Phi) is 24.2. The van der Waals surface area contributed by atoms with Gasteiger partial charge in [-0.3, -0.25) is 19.3 Å². The van der Waals surface area contributed by atoms with Crippen LogP contribution in [0, 0.1) is 0 Å². The molecule has 16 nitrogen and oxygen atoms in total. The largest absolute Gasteiger partial charge is 0.399 e. The number of urea groups is 3. The minimum Gasteiger partial charge on any atom is -0.399 e. The first kappa shape index (κ1) is 66.3. The van der Waals surface area contributed by atoms with Crippen LogP contribution >= 0.6 is 127 Å². The summed E-state index contributed by atoms with van der Waals surface area (Å²) in [6.45, 7) is 0. The molecule has 0 aliphatic carbocycles. The molecular formula is C62H42Br8N8O8. The van der Waals surface area contributed by atoms with Gasteiger partial charge >= 0.3 is 29.9 Å². The van der Waals surface area contributed by atoms with Gasteiger partial charge in [-0.1, -0.05) is 206 Å². The average Bonchev–Trinajstić information content (AvgIpc) is 1.90. The molecule has 9 aromatic rings. The molecule has 1 unspecified atom stereocenters. The fourth-order valence-corrected chi connectivity index (χ4v) is 11.1. The van der Waals surface area contributed by atoms with Crippen molar-refractivity contribution in [2.75, 3.05) is 36.0 Å². The summed E-state index contributed by atoms with van der Waals surface area (Å²) in [4.78, 5) is 92.5. The molecule has 9 amide bonds. The van der Waals surface area contributed by atoms with Crippen LogP contribution in [-0.4, -0.2) is 47.0 Å². The number of nitrogens with one attached hydrogen (secondary N) is 2. The van der Waals surface area contributed by atoms with Gasteiger partial charge in [0.15, 0.2) is 0 Å². The third-order valence-corrected chi connectivity index (χ3v) is 15.6. The molecule has 2 saturated heterocycles.